The molecule has 1 aromatic heterocycles. The van der Waals surface area contributed by atoms with Gasteiger partial charge in [0.2, 0.25) is 0 Å². The van der Waals surface area contributed by atoms with E-state index in [0.717, 1.165) is 37.5 Å². The topological polar surface area (TPSA) is 62.5 Å². The van der Waals surface area contributed by atoms with Crippen LogP contribution in [0.15, 0.2) is 0 Å². The summed E-state index contributed by atoms with van der Waals surface area (Å²) in [7, 11) is 1.98. The Labute approximate surface area is 125 Å². The monoisotopic (exact) mass is 298 g/mol. The highest BCUT2D eigenvalue weighted by atomic mass is 32.1. The minimum atomic E-state index is 0.00657. The number of hydrogen-bond donors (Lipinski definition) is 1. The first-order chi connectivity index (χ1) is 9.54. The molecule has 20 heavy (non-hydrogen) atoms. The molecule has 2 N–H and O–H groups in total. The highest BCUT2D eigenvalue weighted by molar-refractivity contribution is 7.18. The summed E-state index contributed by atoms with van der Waals surface area (Å²) in [5.74, 6) is 0.361. The first kappa shape index (κ1) is 16.8. The molecule has 1 amide bonds. The summed E-state index contributed by atoms with van der Waals surface area (Å²) in [5, 5.41) is 0.819. The molecule has 0 unspecified atom stereocenters. The molecule has 0 aliphatic rings. The van der Waals surface area contributed by atoms with Crippen LogP contribution < -0.4 is 10.6 Å². The molecule has 0 aromatic carbocycles. The maximum absolute atomic E-state index is 12.5. The van der Waals surface area contributed by atoms with Gasteiger partial charge in [-0.05, 0) is 19.8 Å². The van der Waals surface area contributed by atoms with E-state index in [1.165, 1.54) is 11.3 Å². The van der Waals surface area contributed by atoms with Crippen LogP contribution >= 0.6 is 11.3 Å². The van der Waals surface area contributed by atoms with E-state index >= 15 is 0 Å². The molecule has 0 aliphatic carbocycles. The fraction of sp³-hybridized carbons (Fsp3) is 0.714. The van der Waals surface area contributed by atoms with Gasteiger partial charge in [0, 0.05) is 26.7 Å². The Morgan fingerprint density at radius 3 is 2.50 bits per heavy atom. The van der Waals surface area contributed by atoms with Crippen LogP contribution in [-0.2, 0) is 0 Å². The molecule has 0 radical (unpaired) electrons. The summed E-state index contributed by atoms with van der Waals surface area (Å²) in [6, 6.07) is 0. The van der Waals surface area contributed by atoms with E-state index in [-0.39, 0.29) is 5.91 Å². The van der Waals surface area contributed by atoms with Gasteiger partial charge in [-0.1, -0.05) is 31.6 Å². The number of nitrogens with zero attached hydrogens (tertiary/aromatic N) is 3. The number of rotatable bonds is 8. The number of unbranched alkanes of at least 4 members (excludes halogenated alkanes) is 1. The van der Waals surface area contributed by atoms with Crippen molar-refractivity contribution < 1.29 is 4.79 Å². The molecule has 6 heteroatoms. The average Bonchev–Trinajstić information content (AvgIpc) is 2.82. The molecule has 0 saturated carbocycles. The van der Waals surface area contributed by atoms with Crippen molar-refractivity contribution in [2.75, 3.05) is 37.3 Å². The molecule has 1 heterocycles. The van der Waals surface area contributed by atoms with Crippen LogP contribution in [0, 0.1) is 0 Å². The van der Waals surface area contributed by atoms with Crippen molar-refractivity contribution in [1.82, 2.24) is 9.88 Å². The van der Waals surface area contributed by atoms with Crippen molar-refractivity contribution in [3.05, 3.63) is 4.88 Å². The molecule has 0 atom stereocenters. The molecular formula is C14H26N4OS. The van der Waals surface area contributed by atoms with E-state index in [1.54, 1.807) is 0 Å². The van der Waals surface area contributed by atoms with Gasteiger partial charge >= 0.3 is 0 Å². The van der Waals surface area contributed by atoms with Gasteiger partial charge < -0.3 is 15.5 Å². The normalized spacial score (nSPS) is 10.6. The van der Waals surface area contributed by atoms with E-state index < -0.39 is 0 Å². The highest BCUT2D eigenvalue weighted by Crippen LogP contribution is 2.28. The van der Waals surface area contributed by atoms with Gasteiger partial charge in [-0.15, -0.1) is 0 Å². The molecule has 1 rings (SSSR count). The van der Waals surface area contributed by atoms with Crippen LogP contribution in [0.2, 0.25) is 0 Å². The third kappa shape index (κ3) is 4.10. The number of nitrogens with two attached hydrogens (primary N) is 1. The van der Waals surface area contributed by atoms with Crippen LogP contribution in [0.3, 0.4) is 0 Å². The Hall–Kier alpha value is -1.30. The van der Waals surface area contributed by atoms with Crippen LogP contribution in [0.5, 0.6) is 0 Å². The van der Waals surface area contributed by atoms with E-state index in [1.807, 2.05) is 23.8 Å². The number of carbonyl (C=O) groups is 1. The first-order valence-electron chi connectivity index (χ1n) is 7.31. The molecule has 0 fully saturated rings. The van der Waals surface area contributed by atoms with Gasteiger partial charge in [0.1, 0.15) is 10.7 Å². The van der Waals surface area contributed by atoms with Crippen molar-refractivity contribution in [2.24, 2.45) is 0 Å². The summed E-state index contributed by atoms with van der Waals surface area (Å²) in [5.41, 5.74) is 5.92. The predicted octanol–water partition coefficient (Wildman–Crippen LogP) is 2.83. The second-order valence-corrected chi connectivity index (χ2v) is 5.85. The minimum Gasteiger partial charge on any atom is -0.382 e. The lowest BCUT2D eigenvalue weighted by Crippen LogP contribution is -2.31. The van der Waals surface area contributed by atoms with Gasteiger partial charge in [-0.2, -0.15) is 0 Å². The van der Waals surface area contributed by atoms with Gasteiger partial charge in [0.25, 0.3) is 5.91 Å². The zero-order valence-corrected chi connectivity index (χ0v) is 13.8. The Balaban J connectivity index is 2.86. The second kappa shape index (κ2) is 8.09. The largest absolute Gasteiger partial charge is 0.382 e. The molecule has 114 valence electrons. The number of nitrogen functional groups attached to an aromatic ring is 1. The molecule has 5 nitrogen and oxygen atoms in total. The number of aromatic nitrogens is 1. The smallest absolute Gasteiger partial charge is 0.267 e. The molecule has 1 aromatic rings. The Kier molecular flexibility index (Phi) is 6.78. The number of anilines is 2. The molecular weight excluding hydrogens is 272 g/mol. The van der Waals surface area contributed by atoms with Crippen LogP contribution in [0.4, 0.5) is 10.9 Å². The van der Waals surface area contributed by atoms with Crippen LogP contribution in [0.25, 0.3) is 0 Å². The van der Waals surface area contributed by atoms with Gasteiger partial charge in [0.15, 0.2) is 5.13 Å². The van der Waals surface area contributed by atoms with Gasteiger partial charge in [-0.25, -0.2) is 4.98 Å². The van der Waals surface area contributed by atoms with E-state index in [9.17, 15) is 4.79 Å². The SMILES string of the molecule is CCCCN(CC)C(=O)c1sc(N(C)CCC)nc1N. The van der Waals surface area contributed by atoms with E-state index in [0.29, 0.717) is 17.2 Å². The van der Waals surface area contributed by atoms with Crippen molar-refractivity contribution in [3.8, 4) is 0 Å². The van der Waals surface area contributed by atoms with Crippen LogP contribution in [-0.4, -0.2) is 42.5 Å². The number of hydrogen-bond acceptors (Lipinski definition) is 5. The maximum atomic E-state index is 12.5. The Morgan fingerprint density at radius 2 is 1.95 bits per heavy atom. The third-order valence-electron chi connectivity index (χ3n) is 3.17. The lowest BCUT2D eigenvalue weighted by atomic mass is 10.3. The summed E-state index contributed by atoms with van der Waals surface area (Å²) in [4.78, 5) is 21.3. The standard InChI is InChI=1S/C14H26N4OS/c1-5-8-10-18(7-3)13(19)11-12(15)16-14(20-11)17(4)9-6-2/h5-10,15H2,1-4H3. The maximum Gasteiger partial charge on any atom is 0.267 e. The molecule has 0 spiro atoms. The number of thiazole rings is 1. The fourth-order valence-corrected chi connectivity index (χ4v) is 2.90. The Morgan fingerprint density at radius 1 is 1.25 bits per heavy atom. The first-order valence-corrected chi connectivity index (χ1v) is 8.13. The number of carbonyl (C=O) groups excluding carboxylic acids is 1. The molecule has 0 bridgehead atoms. The van der Waals surface area contributed by atoms with Crippen molar-refractivity contribution in [1.29, 1.82) is 0 Å². The minimum absolute atomic E-state index is 0.00657. The van der Waals surface area contributed by atoms with Gasteiger partial charge in [-0.3, -0.25) is 4.79 Å². The van der Waals surface area contributed by atoms with E-state index in [2.05, 4.69) is 18.8 Å². The summed E-state index contributed by atoms with van der Waals surface area (Å²) in [6.07, 6.45) is 3.13. The molecule has 0 saturated heterocycles. The quantitative estimate of drug-likeness (QED) is 0.801. The molecule has 0 aliphatic heterocycles. The van der Waals surface area contributed by atoms with E-state index in [4.69, 9.17) is 5.73 Å². The summed E-state index contributed by atoms with van der Waals surface area (Å²) < 4.78 is 0. The zero-order chi connectivity index (χ0) is 15.1. The lowest BCUT2D eigenvalue weighted by Gasteiger charge is -2.19. The third-order valence-corrected chi connectivity index (χ3v) is 4.35. The predicted molar refractivity (Wildman–Crippen MR) is 86.6 cm³/mol. The zero-order valence-electron chi connectivity index (χ0n) is 13.0. The fourth-order valence-electron chi connectivity index (χ4n) is 1.96. The second-order valence-electron chi connectivity index (χ2n) is 4.87. The highest BCUT2D eigenvalue weighted by Gasteiger charge is 2.21. The average molecular weight is 298 g/mol. The lowest BCUT2D eigenvalue weighted by molar-refractivity contribution is 0.0768. The number of amides is 1. The van der Waals surface area contributed by atoms with Crippen LogP contribution in [0.1, 0.15) is 49.7 Å². The summed E-state index contributed by atoms with van der Waals surface area (Å²) >= 11 is 1.39. The van der Waals surface area contributed by atoms with Crippen molar-refractivity contribution in [2.45, 2.75) is 40.0 Å². The Bertz CT molecular complexity index is 433. The van der Waals surface area contributed by atoms with Crippen molar-refractivity contribution in [3.63, 3.8) is 0 Å². The summed E-state index contributed by atoms with van der Waals surface area (Å²) in [6.45, 7) is 8.63. The van der Waals surface area contributed by atoms with Crippen molar-refractivity contribution >= 4 is 28.2 Å². The van der Waals surface area contributed by atoms with Gasteiger partial charge in [0.05, 0.1) is 0 Å².